The Hall–Kier alpha value is -1.46. The molecule has 1 saturated carbocycles. The Morgan fingerprint density at radius 1 is 1.52 bits per heavy atom. The molecule has 4 nitrogen and oxygen atoms in total. The molecule has 0 saturated heterocycles. The van der Waals surface area contributed by atoms with E-state index < -0.39 is 11.4 Å². The third kappa shape index (κ3) is 3.80. The van der Waals surface area contributed by atoms with Crippen molar-refractivity contribution in [3.05, 3.63) is 35.1 Å². The van der Waals surface area contributed by atoms with Crippen molar-refractivity contribution in [2.75, 3.05) is 0 Å². The molecule has 1 aromatic rings. The summed E-state index contributed by atoms with van der Waals surface area (Å²) in [5.74, 6) is -0.704. The molecule has 0 aliphatic heterocycles. The van der Waals surface area contributed by atoms with Crippen molar-refractivity contribution in [3.63, 3.8) is 0 Å². The summed E-state index contributed by atoms with van der Waals surface area (Å²) in [5.41, 5.74) is 6.67. The first-order chi connectivity index (χ1) is 9.94. The average Bonchev–Trinajstić information content (AvgIpc) is 2.44. The van der Waals surface area contributed by atoms with Crippen molar-refractivity contribution < 1.29 is 14.3 Å². The monoisotopic (exact) mass is 294 g/mol. The highest BCUT2D eigenvalue weighted by molar-refractivity contribution is 5.80. The number of hydrogen-bond acceptors (Lipinski definition) is 3. The molecular weight excluding hydrogens is 271 g/mol. The zero-order valence-corrected chi connectivity index (χ0v) is 12.4. The predicted octanol–water partition coefficient (Wildman–Crippen LogP) is 1.84. The zero-order chi connectivity index (χ0) is 15.5. The molecule has 2 atom stereocenters. The first-order valence-corrected chi connectivity index (χ1v) is 7.39. The standard InChI is InChI=1S/C16H23FN2O2/c1-16(18)7-3-2-4-13(16)15(21)19-9-11-5-6-12(10-20)14(17)8-11/h5-6,8,13,20H,2-4,7,9-10,18H2,1H3,(H,19,21). The minimum atomic E-state index is -0.464. The molecule has 21 heavy (non-hydrogen) atoms. The zero-order valence-electron chi connectivity index (χ0n) is 12.4. The first kappa shape index (κ1) is 15.9. The van der Waals surface area contributed by atoms with Gasteiger partial charge in [0, 0.05) is 17.6 Å². The van der Waals surface area contributed by atoms with Gasteiger partial charge in [-0.25, -0.2) is 4.39 Å². The van der Waals surface area contributed by atoms with E-state index in [1.807, 2.05) is 6.92 Å². The smallest absolute Gasteiger partial charge is 0.225 e. The maximum absolute atomic E-state index is 13.6. The Bertz CT molecular complexity index is 517. The molecule has 1 aliphatic rings. The third-order valence-corrected chi connectivity index (χ3v) is 4.33. The molecule has 0 spiro atoms. The number of rotatable bonds is 4. The van der Waals surface area contributed by atoms with E-state index in [2.05, 4.69) is 5.32 Å². The highest BCUT2D eigenvalue weighted by Gasteiger charge is 2.37. The fourth-order valence-corrected chi connectivity index (χ4v) is 2.93. The minimum absolute atomic E-state index is 0.0636. The lowest BCUT2D eigenvalue weighted by Gasteiger charge is -2.37. The van der Waals surface area contributed by atoms with Gasteiger partial charge in [-0.3, -0.25) is 4.79 Å². The van der Waals surface area contributed by atoms with Crippen LogP contribution < -0.4 is 11.1 Å². The van der Waals surface area contributed by atoms with Gasteiger partial charge in [0.05, 0.1) is 12.5 Å². The normalized spacial score (nSPS) is 25.6. The lowest BCUT2D eigenvalue weighted by molar-refractivity contribution is -0.128. The van der Waals surface area contributed by atoms with Gasteiger partial charge in [-0.2, -0.15) is 0 Å². The van der Waals surface area contributed by atoms with Gasteiger partial charge >= 0.3 is 0 Å². The van der Waals surface area contributed by atoms with Crippen LogP contribution in [0.3, 0.4) is 0 Å². The second-order valence-electron chi connectivity index (χ2n) is 6.11. The van der Waals surface area contributed by atoms with E-state index in [9.17, 15) is 9.18 Å². The number of aliphatic hydroxyl groups is 1. The van der Waals surface area contributed by atoms with E-state index in [4.69, 9.17) is 10.8 Å². The van der Waals surface area contributed by atoms with E-state index in [0.29, 0.717) is 5.56 Å². The molecule has 0 radical (unpaired) electrons. The second-order valence-corrected chi connectivity index (χ2v) is 6.11. The number of nitrogens with two attached hydrogens (primary N) is 1. The van der Waals surface area contributed by atoms with Crippen molar-refractivity contribution in [1.29, 1.82) is 0 Å². The van der Waals surface area contributed by atoms with Crippen molar-refractivity contribution in [2.45, 2.75) is 51.3 Å². The molecule has 1 amide bonds. The van der Waals surface area contributed by atoms with Crippen molar-refractivity contribution >= 4 is 5.91 Å². The number of benzene rings is 1. The summed E-state index contributed by atoms with van der Waals surface area (Å²) in [6, 6.07) is 4.58. The summed E-state index contributed by atoms with van der Waals surface area (Å²) < 4.78 is 13.6. The fraction of sp³-hybridized carbons (Fsp3) is 0.562. The summed E-state index contributed by atoms with van der Waals surface area (Å²) in [5, 5.41) is 11.8. The molecule has 1 aliphatic carbocycles. The molecule has 0 aromatic heterocycles. The van der Waals surface area contributed by atoms with Crippen LogP contribution in [-0.4, -0.2) is 16.6 Å². The number of amides is 1. The first-order valence-electron chi connectivity index (χ1n) is 7.39. The van der Waals surface area contributed by atoms with Gasteiger partial charge < -0.3 is 16.2 Å². The van der Waals surface area contributed by atoms with E-state index in [1.165, 1.54) is 12.1 Å². The molecule has 4 N–H and O–H groups in total. The Balaban J connectivity index is 1.96. The topological polar surface area (TPSA) is 75.4 Å². The van der Waals surface area contributed by atoms with Crippen LogP contribution in [0.15, 0.2) is 18.2 Å². The molecule has 2 unspecified atom stereocenters. The predicted molar refractivity (Wildman–Crippen MR) is 78.7 cm³/mol. The molecule has 116 valence electrons. The molecular formula is C16H23FN2O2. The lowest BCUT2D eigenvalue weighted by atomic mass is 9.74. The average molecular weight is 294 g/mol. The van der Waals surface area contributed by atoms with E-state index >= 15 is 0 Å². The van der Waals surface area contributed by atoms with Gasteiger partial charge in [-0.1, -0.05) is 25.0 Å². The van der Waals surface area contributed by atoms with Crippen LogP contribution in [0, 0.1) is 11.7 Å². The highest BCUT2D eigenvalue weighted by atomic mass is 19.1. The van der Waals surface area contributed by atoms with Gasteiger partial charge in [0.1, 0.15) is 5.82 Å². The van der Waals surface area contributed by atoms with E-state index in [-0.39, 0.29) is 30.5 Å². The summed E-state index contributed by atoms with van der Waals surface area (Å²) >= 11 is 0. The van der Waals surface area contributed by atoms with Gasteiger partial charge in [0.15, 0.2) is 0 Å². The van der Waals surface area contributed by atoms with E-state index in [0.717, 1.165) is 25.7 Å². The van der Waals surface area contributed by atoms with Gasteiger partial charge in [-0.15, -0.1) is 0 Å². The van der Waals surface area contributed by atoms with Crippen LogP contribution >= 0.6 is 0 Å². The number of aliphatic hydroxyl groups excluding tert-OH is 1. The number of carbonyl (C=O) groups is 1. The summed E-state index contributed by atoms with van der Waals surface area (Å²) in [6.45, 7) is 1.87. The van der Waals surface area contributed by atoms with Crippen LogP contribution in [-0.2, 0) is 17.9 Å². The van der Waals surface area contributed by atoms with E-state index in [1.54, 1.807) is 6.07 Å². The summed E-state index contributed by atoms with van der Waals surface area (Å²) in [7, 11) is 0. The molecule has 5 heteroatoms. The summed E-state index contributed by atoms with van der Waals surface area (Å²) in [4.78, 5) is 12.3. The van der Waals surface area contributed by atoms with Crippen LogP contribution in [0.5, 0.6) is 0 Å². The summed E-state index contributed by atoms with van der Waals surface area (Å²) in [6.07, 6.45) is 3.73. The van der Waals surface area contributed by atoms with Crippen LogP contribution in [0.1, 0.15) is 43.7 Å². The Labute approximate surface area is 124 Å². The lowest BCUT2D eigenvalue weighted by Crippen LogP contribution is -2.52. The minimum Gasteiger partial charge on any atom is -0.392 e. The number of halogens is 1. The van der Waals surface area contributed by atoms with Crippen molar-refractivity contribution in [2.24, 2.45) is 11.7 Å². The Morgan fingerprint density at radius 2 is 2.29 bits per heavy atom. The van der Waals surface area contributed by atoms with Crippen LogP contribution in [0.2, 0.25) is 0 Å². The SMILES string of the molecule is CC1(N)CCCCC1C(=O)NCc1ccc(CO)c(F)c1. The molecule has 1 aromatic carbocycles. The molecule has 0 bridgehead atoms. The van der Waals surface area contributed by atoms with Crippen LogP contribution in [0.4, 0.5) is 4.39 Å². The van der Waals surface area contributed by atoms with Gasteiger partial charge in [0.25, 0.3) is 0 Å². The molecule has 1 fully saturated rings. The highest BCUT2D eigenvalue weighted by Crippen LogP contribution is 2.31. The maximum Gasteiger partial charge on any atom is 0.225 e. The quantitative estimate of drug-likeness (QED) is 0.793. The van der Waals surface area contributed by atoms with Crippen molar-refractivity contribution in [1.82, 2.24) is 5.32 Å². The number of carbonyl (C=O) groups excluding carboxylic acids is 1. The second kappa shape index (κ2) is 6.54. The maximum atomic E-state index is 13.6. The molecule has 0 heterocycles. The number of hydrogen-bond donors (Lipinski definition) is 3. The van der Waals surface area contributed by atoms with Crippen molar-refractivity contribution in [3.8, 4) is 0 Å². The molecule has 2 rings (SSSR count). The van der Waals surface area contributed by atoms with Gasteiger partial charge in [-0.05, 0) is 31.4 Å². The fourth-order valence-electron chi connectivity index (χ4n) is 2.93. The third-order valence-electron chi connectivity index (χ3n) is 4.33. The largest absolute Gasteiger partial charge is 0.392 e. The Kier molecular flexibility index (Phi) is 4.96. The van der Waals surface area contributed by atoms with Gasteiger partial charge in [0.2, 0.25) is 5.91 Å². The van der Waals surface area contributed by atoms with Crippen LogP contribution in [0.25, 0.3) is 0 Å². The Morgan fingerprint density at radius 3 is 2.90 bits per heavy atom. The number of nitrogens with one attached hydrogen (secondary N) is 1.